The van der Waals surface area contributed by atoms with Gasteiger partial charge in [-0.2, -0.15) is 4.98 Å². The van der Waals surface area contributed by atoms with Gasteiger partial charge in [0, 0.05) is 24.5 Å². The van der Waals surface area contributed by atoms with E-state index in [0.717, 1.165) is 25.2 Å². The molecule has 0 radical (unpaired) electrons. The van der Waals surface area contributed by atoms with Crippen LogP contribution in [0.5, 0.6) is 0 Å². The molecule has 0 spiro atoms. The van der Waals surface area contributed by atoms with E-state index in [1.54, 1.807) is 21.5 Å². The normalized spacial score (nSPS) is 13.9. The molecule has 8 heteroatoms. The van der Waals surface area contributed by atoms with Gasteiger partial charge < -0.3 is 10.6 Å². The van der Waals surface area contributed by atoms with Crippen LogP contribution in [0.15, 0.2) is 47.4 Å². The quantitative estimate of drug-likeness (QED) is 0.436. The molecule has 35 heavy (non-hydrogen) atoms. The van der Waals surface area contributed by atoms with Crippen LogP contribution in [0.25, 0.3) is 16.7 Å². The van der Waals surface area contributed by atoms with E-state index in [1.165, 1.54) is 17.3 Å². The summed E-state index contributed by atoms with van der Waals surface area (Å²) in [6, 6.07) is 11.3. The van der Waals surface area contributed by atoms with Crippen molar-refractivity contribution in [1.82, 2.24) is 24.6 Å². The Morgan fingerprint density at radius 1 is 1.14 bits per heavy atom. The molecule has 2 aromatic carbocycles. The number of anilines is 2. The third-order valence-corrected chi connectivity index (χ3v) is 6.48. The minimum absolute atomic E-state index is 0.208. The molecule has 0 saturated heterocycles. The zero-order chi connectivity index (χ0) is 24.9. The molecule has 0 saturated carbocycles. The minimum Gasteiger partial charge on any atom is -0.324 e. The first-order chi connectivity index (χ1) is 16.6. The molecule has 0 unspecified atom stereocenters. The van der Waals surface area contributed by atoms with Crippen molar-refractivity contribution in [3.63, 3.8) is 0 Å². The fourth-order valence-electron chi connectivity index (χ4n) is 4.70. The van der Waals surface area contributed by atoms with Gasteiger partial charge in [0.1, 0.15) is 11.1 Å². The summed E-state index contributed by atoms with van der Waals surface area (Å²) in [7, 11) is 0. The first-order valence-electron chi connectivity index (χ1n) is 12.0. The number of rotatable bonds is 4. The van der Waals surface area contributed by atoms with Crippen LogP contribution >= 0.6 is 0 Å². The maximum Gasteiger partial charge on any atom is 0.278 e. The number of hydrogen-bond acceptors (Lipinski definition) is 5. The van der Waals surface area contributed by atoms with E-state index in [2.05, 4.69) is 27.8 Å². The Morgan fingerprint density at radius 2 is 1.94 bits per heavy atom. The molecule has 1 aliphatic heterocycles. The van der Waals surface area contributed by atoms with Crippen molar-refractivity contribution in [3.8, 4) is 5.69 Å². The fraction of sp³-hybridized carbons (Fsp3) is 0.370. The maximum absolute atomic E-state index is 15.8. The molecule has 0 fully saturated rings. The van der Waals surface area contributed by atoms with Crippen LogP contribution < -0.4 is 16.2 Å². The zero-order valence-electron chi connectivity index (χ0n) is 20.8. The van der Waals surface area contributed by atoms with Crippen molar-refractivity contribution in [1.29, 1.82) is 0 Å². The molecule has 0 atom stereocenters. The lowest BCUT2D eigenvalue weighted by Gasteiger charge is -2.23. The number of nitrogens with zero attached hydrogens (tertiary/aromatic N) is 4. The van der Waals surface area contributed by atoms with Crippen molar-refractivity contribution in [2.45, 2.75) is 59.0 Å². The Labute approximate surface area is 204 Å². The van der Waals surface area contributed by atoms with Crippen LogP contribution in [0.2, 0.25) is 0 Å². The lowest BCUT2D eigenvalue weighted by molar-refractivity contribution is 0.458. The number of aromatic nitrogens is 4. The summed E-state index contributed by atoms with van der Waals surface area (Å²) in [5, 5.41) is 7.00. The smallest absolute Gasteiger partial charge is 0.278 e. The second-order valence-corrected chi connectivity index (χ2v) is 10.4. The van der Waals surface area contributed by atoms with E-state index in [0.29, 0.717) is 28.2 Å². The van der Waals surface area contributed by atoms with E-state index >= 15 is 4.39 Å². The summed E-state index contributed by atoms with van der Waals surface area (Å²) in [6.07, 6.45) is 2.49. The van der Waals surface area contributed by atoms with Crippen molar-refractivity contribution in [2.75, 3.05) is 11.9 Å². The number of halogens is 1. The molecule has 7 nitrogen and oxygen atoms in total. The van der Waals surface area contributed by atoms with Gasteiger partial charge >= 0.3 is 0 Å². The molecule has 1 aliphatic rings. The van der Waals surface area contributed by atoms with Crippen molar-refractivity contribution in [2.24, 2.45) is 0 Å². The third-order valence-electron chi connectivity index (χ3n) is 6.48. The molecular formula is C27H31FN6O. The van der Waals surface area contributed by atoms with Crippen LogP contribution in [0.1, 0.15) is 57.4 Å². The lowest BCUT2D eigenvalue weighted by atomic mass is 9.86. The van der Waals surface area contributed by atoms with Crippen molar-refractivity contribution < 1.29 is 4.39 Å². The summed E-state index contributed by atoms with van der Waals surface area (Å²) < 4.78 is 19.0. The lowest BCUT2D eigenvalue weighted by Crippen LogP contribution is -2.25. The Morgan fingerprint density at radius 3 is 2.69 bits per heavy atom. The summed E-state index contributed by atoms with van der Waals surface area (Å²) >= 11 is 0. The first-order valence-corrected chi connectivity index (χ1v) is 12.0. The van der Waals surface area contributed by atoms with Crippen molar-refractivity contribution >= 4 is 22.7 Å². The predicted octanol–water partition coefficient (Wildman–Crippen LogP) is 4.99. The van der Waals surface area contributed by atoms with Crippen LogP contribution in [-0.4, -0.2) is 25.9 Å². The van der Waals surface area contributed by atoms with Gasteiger partial charge in [-0.25, -0.2) is 18.7 Å². The number of benzene rings is 2. The van der Waals surface area contributed by atoms with Gasteiger partial charge in [0.15, 0.2) is 11.5 Å². The highest BCUT2D eigenvalue weighted by Gasteiger charge is 2.25. The highest BCUT2D eigenvalue weighted by molar-refractivity contribution is 5.77. The van der Waals surface area contributed by atoms with Gasteiger partial charge in [0.25, 0.3) is 5.56 Å². The molecule has 2 N–H and O–H groups in total. The second kappa shape index (κ2) is 8.61. The number of hydrogen-bond donors (Lipinski definition) is 2. The molecule has 0 amide bonds. The maximum atomic E-state index is 15.8. The van der Waals surface area contributed by atoms with Gasteiger partial charge in [-0.15, -0.1) is 0 Å². The van der Waals surface area contributed by atoms with Crippen molar-refractivity contribution in [3.05, 3.63) is 75.5 Å². The zero-order valence-corrected chi connectivity index (χ0v) is 20.8. The summed E-state index contributed by atoms with van der Waals surface area (Å²) in [6.45, 7) is 11.5. The summed E-state index contributed by atoms with van der Waals surface area (Å²) in [5.74, 6) is -0.00357. The van der Waals surface area contributed by atoms with E-state index in [-0.39, 0.29) is 17.4 Å². The molecular weight excluding hydrogens is 443 g/mol. The van der Waals surface area contributed by atoms with E-state index < -0.39 is 5.41 Å². The average Bonchev–Trinajstić information content (AvgIpc) is 3.10. The van der Waals surface area contributed by atoms with Crippen LogP contribution in [-0.2, 0) is 18.4 Å². The number of nitrogens with one attached hydrogen (secondary N) is 2. The monoisotopic (exact) mass is 474 g/mol. The topological polar surface area (TPSA) is 76.8 Å². The van der Waals surface area contributed by atoms with Gasteiger partial charge in [-0.1, -0.05) is 39.0 Å². The van der Waals surface area contributed by atoms with Gasteiger partial charge in [0.05, 0.1) is 0 Å². The Balaban J connectivity index is 1.66. The van der Waals surface area contributed by atoms with E-state index in [1.807, 2.05) is 46.8 Å². The average molecular weight is 475 g/mol. The molecule has 0 bridgehead atoms. The summed E-state index contributed by atoms with van der Waals surface area (Å²) in [5.41, 5.74) is 4.06. The molecule has 5 rings (SSSR count). The van der Waals surface area contributed by atoms with Crippen LogP contribution in [0, 0.1) is 5.82 Å². The molecule has 2 aromatic heterocycles. The standard InChI is InChI=1S/C27H31FN6O/c1-16(2)33-25(35)20-15-30-26(31-19-10-9-18-14-29-12-11-17(18)13-19)32-24(20)34(33)22-8-6-7-21(23(22)28)27(3,4)5/h6-10,13,15-16,29H,11-12,14H2,1-5H3,(H,30,31,32). The molecule has 3 heterocycles. The van der Waals surface area contributed by atoms with Crippen LogP contribution in [0.4, 0.5) is 16.0 Å². The molecule has 182 valence electrons. The second-order valence-electron chi connectivity index (χ2n) is 10.4. The predicted molar refractivity (Wildman–Crippen MR) is 137 cm³/mol. The summed E-state index contributed by atoms with van der Waals surface area (Å²) in [4.78, 5) is 22.4. The highest BCUT2D eigenvalue weighted by atomic mass is 19.1. The fourth-order valence-corrected chi connectivity index (χ4v) is 4.70. The largest absolute Gasteiger partial charge is 0.324 e. The number of fused-ring (bicyclic) bond motifs is 2. The Bertz CT molecular complexity index is 1480. The third kappa shape index (κ3) is 4.12. The molecule has 4 aromatic rings. The first kappa shape index (κ1) is 23.2. The van der Waals surface area contributed by atoms with Gasteiger partial charge in [-0.05, 0) is 67.1 Å². The molecule has 0 aliphatic carbocycles. The Hall–Kier alpha value is -3.52. The highest BCUT2D eigenvalue weighted by Crippen LogP contribution is 2.30. The van der Waals surface area contributed by atoms with Gasteiger partial charge in [0.2, 0.25) is 5.95 Å². The van der Waals surface area contributed by atoms with Crippen LogP contribution in [0.3, 0.4) is 0 Å². The van der Waals surface area contributed by atoms with E-state index in [4.69, 9.17) is 4.98 Å². The minimum atomic E-state index is -0.393. The van der Waals surface area contributed by atoms with Gasteiger partial charge in [-0.3, -0.25) is 4.79 Å². The Kier molecular flexibility index (Phi) is 5.71. The van der Waals surface area contributed by atoms with E-state index in [9.17, 15) is 4.79 Å². The SMILES string of the molecule is CC(C)n1c(=O)c2cnc(Nc3ccc4c(c3)CCNC4)nc2n1-c1cccc(C(C)(C)C)c1F.